The molecule has 0 radical (unpaired) electrons. The van der Waals surface area contributed by atoms with Crippen molar-refractivity contribution >= 4 is 5.82 Å². The van der Waals surface area contributed by atoms with Crippen LogP contribution in [-0.4, -0.2) is 31.3 Å². The van der Waals surface area contributed by atoms with E-state index in [0.29, 0.717) is 23.6 Å². The number of anilines is 1. The van der Waals surface area contributed by atoms with Gasteiger partial charge in [0, 0.05) is 17.5 Å². The number of aromatic nitrogens is 5. The second-order valence-corrected chi connectivity index (χ2v) is 6.42. The summed E-state index contributed by atoms with van der Waals surface area (Å²) in [6.45, 7) is 2.37. The Balaban J connectivity index is 1.52. The molecule has 0 aliphatic rings. The lowest BCUT2D eigenvalue weighted by molar-refractivity contribution is -0.274. The molecule has 0 saturated heterocycles. The van der Waals surface area contributed by atoms with Gasteiger partial charge in [-0.25, -0.2) is 4.98 Å². The number of aryl methyl sites for hydroxylation is 1. The molecular weight excluding hydrogens is 401 g/mol. The van der Waals surface area contributed by atoms with Gasteiger partial charge in [-0.15, -0.1) is 13.2 Å². The molecule has 0 aliphatic carbocycles. The van der Waals surface area contributed by atoms with Crippen molar-refractivity contribution in [3.05, 3.63) is 59.9 Å². The summed E-state index contributed by atoms with van der Waals surface area (Å²) >= 11 is 0. The van der Waals surface area contributed by atoms with Gasteiger partial charge in [-0.2, -0.15) is 10.1 Å². The van der Waals surface area contributed by atoms with Gasteiger partial charge in [0.2, 0.25) is 5.82 Å². The number of rotatable bonds is 5. The minimum Gasteiger partial charge on any atom is -0.406 e. The van der Waals surface area contributed by atoms with Gasteiger partial charge in [-0.05, 0) is 48.9 Å². The molecule has 0 spiro atoms. The van der Waals surface area contributed by atoms with Gasteiger partial charge in [-0.3, -0.25) is 4.68 Å². The van der Waals surface area contributed by atoms with Crippen LogP contribution >= 0.6 is 0 Å². The number of pyridine rings is 1. The molecule has 3 heterocycles. The zero-order valence-corrected chi connectivity index (χ0v) is 15.6. The first-order valence-electron chi connectivity index (χ1n) is 8.72. The number of halogens is 3. The van der Waals surface area contributed by atoms with Crippen molar-refractivity contribution in [2.24, 2.45) is 0 Å². The van der Waals surface area contributed by atoms with Crippen molar-refractivity contribution in [2.75, 3.05) is 5.73 Å². The van der Waals surface area contributed by atoms with Crippen LogP contribution in [0.3, 0.4) is 0 Å². The van der Waals surface area contributed by atoms with Crippen LogP contribution in [0.5, 0.6) is 5.75 Å². The van der Waals surface area contributed by atoms with Crippen molar-refractivity contribution in [3.63, 3.8) is 0 Å². The van der Waals surface area contributed by atoms with Crippen molar-refractivity contribution in [3.8, 4) is 28.7 Å². The maximum absolute atomic E-state index is 12.3. The predicted molar refractivity (Wildman–Crippen MR) is 100 cm³/mol. The van der Waals surface area contributed by atoms with Crippen LogP contribution in [0.2, 0.25) is 0 Å². The molecule has 3 aromatic heterocycles. The Morgan fingerprint density at radius 1 is 1.13 bits per heavy atom. The van der Waals surface area contributed by atoms with Gasteiger partial charge < -0.3 is 15.0 Å². The van der Waals surface area contributed by atoms with E-state index in [2.05, 4.69) is 25.0 Å². The summed E-state index contributed by atoms with van der Waals surface area (Å²) < 4.78 is 47.7. The first-order chi connectivity index (χ1) is 14.3. The molecular formula is C19H15F3N6O2. The third kappa shape index (κ3) is 4.40. The number of hydrogen-bond donors (Lipinski definition) is 1. The quantitative estimate of drug-likeness (QED) is 0.527. The summed E-state index contributed by atoms with van der Waals surface area (Å²) in [5.74, 6) is 0.519. The molecule has 4 aromatic rings. The number of alkyl halides is 3. The summed E-state index contributed by atoms with van der Waals surface area (Å²) in [7, 11) is 0. The SMILES string of the molecule is Cc1cc(-c2nc(-c3ccc(OC(F)(F)F)cc3)no2)nn1Cc1ccc(N)nc1. The monoisotopic (exact) mass is 416 g/mol. The van der Waals surface area contributed by atoms with Gasteiger partial charge in [-0.1, -0.05) is 11.2 Å². The fourth-order valence-corrected chi connectivity index (χ4v) is 2.73. The summed E-state index contributed by atoms with van der Waals surface area (Å²) in [6, 6.07) is 10.5. The Kier molecular flexibility index (Phi) is 4.86. The van der Waals surface area contributed by atoms with Crippen molar-refractivity contribution in [1.29, 1.82) is 0 Å². The van der Waals surface area contributed by atoms with Crippen molar-refractivity contribution in [2.45, 2.75) is 19.8 Å². The maximum atomic E-state index is 12.3. The molecule has 11 heteroatoms. The number of nitrogens with zero attached hydrogens (tertiary/aromatic N) is 5. The number of nitrogen functional groups attached to an aromatic ring is 1. The molecule has 30 heavy (non-hydrogen) atoms. The van der Waals surface area contributed by atoms with Gasteiger partial charge in [0.25, 0.3) is 5.89 Å². The van der Waals surface area contributed by atoms with Crippen LogP contribution < -0.4 is 10.5 Å². The third-order valence-corrected chi connectivity index (χ3v) is 4.15. The van der Waals surface area contributed by atoms with E-state index in [-0.39, 0.29) is 17.5 Å². The fourth-order valence-electron chi connectivity index (χ4n) is 2.73. The summed E-state index contributed by atoms with van der Waals surface area (Å²) in [5, 5.41) is 8.35. The number of hydrogen-bond acceptors (Lipinski definition) is 7. The molecule has 0 atom stereocenters. The molecule has 0 fully saturated rings. The van der Waals surface area contributed by atoms with E-state index in [4.69, 9.17) is 10.3 Å². The second-order valence-electron chi connectivity index (χ2n) is 6.42. The highest BCUT2D eigenvalue weighted by Crippen LogP contribution is 2.27. The normalized spacial score (nSPS) is 11.6. The Labute approximate surface area is 168 Å². The van der Waals surface area contributed by atoms with E-state index in [1.165, 1.54) is 24.3 Å². The largest absolute Gasteiger partial charge is 0.573 e. The summed E-state index contributed by atoms with van der Waals surface area (Å²) in [4.78, 5) is 8.34. The lowest BCUT2D eigenvalue weighted by atomic mass is 10.2. The van der Waals surface area contributed by atoms with E-state index >= 15 is 0 Å². The average Bonchev–Trinajstić information content (AvgIpc) is 3.30. The topological polar surface area (TPSA) is 105 Å². The van der Waals surface area contributed by atoms with Crippen LogP contribution in [0.4, 0.5) is 19.0 Å². The minimum absolute atomic E-state index is 0.192. The van der Waals surface area contributed by atoms with E-state index < -0.39 is 6.36 Å². The fraction of sp³-hybridized carbons (Fsp3) is 0.158. The van der Waals surface area contributed by atoms with E-state index in [0.717, 1.165) is 11.3 Å². The van der Waals surface area contributed by atoms with Crippen LogP contribution in [0.15, 0.2) is 53.2 Å². The van der Waals surface area contributed by atoms with E-state index in [1.54, 1.807) is 23.0 Å². The van der Waals surface area contributed by atoms with E-state index in [9.17, 15) is 13.2 Å². The molecule has 0 saturated carbocycles. The molecule has 0 bridgehead atoms. The molecule has 8 nitrogen and oxygen atoms in total. The average molecular weight is 416 g/mol. The molecule has 0 aliphatic heterocycles. The molecule has 0 amide bonds. The first kappa shape index (κ1) is 19.4. The van der Waals surface area contributed by atoms with Crippen LogP contribution in [0, 0.1) is 6.92 Å². The van der Waals surface area contributed by atoms with Crippen LogP contribution in [-0.2, 0) is 6.54 Å². The zero-order valence-electron chi connectivity index (χ0n) is 15.6. The van der Waals surface area contributed by atoms with Gasteiger partial charge >= 0.3 is 6.36 Å². The predicted octanol–water partition coefficient (Wildman–Crippen LogP) is 3.83. The number of nitrogens with two attached hydrogens (primary N) is 1. The Hall–Kier alpha value is -3.89. The zero-order chi connectivity index (χ0) is 21.3. The molecule has 0 unspecified atom stereocenters. The van der Waals surface area contributed by atoms with Crippen molar-refractivity contribution in [1.82, 2.24) is 24.9 Å². The number of ether oxygens (including phenoxy) is 1. The highest BCUT2D eigenvalue weighted by atomic mass is 19.4. The standard InChI is InChI=1S/C19H15F3N6O2/c1-11-8-15(26-28(11)10-12-2-7-16(23)24-9-12)18-25-17(27-30-18)13-3-5-14(6-4-13)29-19(20,21)22/h2-9H,10H2,1H3,(H2,23,24). The number of benzene rings is 1. The lowest BCUT2D eigenvalue weighted by Gasteiger charge is -2.08. The summed E-state index contributed by atoms with van der Waals surface area (Å²) in [6.07, 6.45) is -3.08. The smallest absolute Gasteiger partial charge is 0.406 e. The molecule has 4 rings (SSSR count). The Bertz CT molecular complexity index is 1150. The minimum atomic E-state index is -4.75. The third-order valence-electron chi connectivity index (χ3n) is 4.15. The Morgan fingerprint density at radius 2 is 1.90 bits per heavy atom. The van der Waals surface area contributed by atoms with Gasteiger partial charge in [0.1, 0.15) is 11.6 Å². The maximum Gasteiger partial charge on any atom is 0.573 e. The molecule has 154 valence electrons. The van der Waals surface area contributed by atoms with Crippen LogP contribution in [0.1, 0.15) is 11.3 Å². The lowest BCUT2D eigenvalue weighted by Crippen LogP contribution is -2.16. The van der Waals surface area contributed by atoms with E-state index in [1.807, 2.05) is 13.0 Å². The van der Waals surface area contributed by atoms with Gasteiger partial charge in [0.05, 0.1) is 6.54 Å². The second kappa shape index (κ2) is 7.50. The highest BCUT2D eigenvalue weighted by molar-refractivity contribution is 5.58. The molecule has 2 N–H and O–H groups in total. The highest BCUT2D eigenvalue weighted by Gasteiger charge is 2.31. The first-order valence-corrected chi connectivity index (χ1v) is 8.72. The Morgan fingerprint density at radius 3 is 2.57 bits per heavy atom. The van der Waals surface area contributed by atoms with Crippen molar-refractivity contribution < 1.29 is 22.4 Å². The van der Waals surface area contributed by atoms with Gasteiger partial charge in [0.15, 0.2) is 5.69 Å². The summed E-state index contributed by atoms with van der Waals surface area (Å²) in [5.41, 5.74) is 8.35. The molecule has 1 aromatic carbocycles. The van der Waals surface area contributed by atoms with Crippen LogP contribution in [0.25, 0.3) is 23.0 Å².